The Balaban J connectivity index is 2.12. The molecule has 8 nitrogen and oxygen atoms in total. The number of rotatable bonds is 6. The van der Waals surface area contributed by atoms with Crippen LogP contribution >= 0.6 is 11.3 Å². The summed E-state index contributed by atoms with van der Waals surface area (Å²) in [6.07, 6.45) is 0.566. The van der Waals surface area contributed by atoms with Crippen molar-refractivity contribution in [1.29, 1.82) is 0 Å². The van der Waals surface area contributed by atoms with Crippen LogP contribution in [0.3, 0.4) is 0 Å². The van der Waals surface area contributed by atoms with Crippen LogP contribution in [0, 0.1) is 5.92 Å². The Kier molecular flexibility index (Phi) is 6.13. The van der Waals surface area contributed by atoms with E-state index in [0.717, 1.165) is 5.69 Å². The van der Waals surface area contributed by atoms with E-state index in [0.29, 0.717) is 19.5 Å². The van der Waals surface area contributed by atoms with Gasteiger partial charge < -0.3 is 20.1 Å². The first kappa shape index (κ1) is 18.9. The Morgan fingerprint density at radius 2 is 2.00 bits per heavy atom. The minimum Gasteiger partial charge on any atom is -0.422 e. The molecule has 9 heteroatoms. The van der Waals surface area contributed by atoms with Crippen LogP contribution in [0.4, 0.5) is 5.69 Å². The van der Waals surface area contributed by atoms with Gasteiger partial charge in [-0.1, -0.05) is 0 Å². The zero-order chi connectivity index (χ0) is 18.4. The third-order valence-electron chi connectivity index (χ3n) is 3.22. The second-order valence-corrected chi connectivity index (χ2v) is 6.70. The number of carbonyl (C=O) groups is 3. The van der Waals surface area contributed by atoms with Crippen molar-refractivity contribution in [1.82, 2.24) is 5.32 Å². The van der Waals surface area contributed by atoms with Gasteiger partial charge in [-0.15, -0.1) is 0 Å². The predicted molar refractivity (Wildman–Crippen MR) is 93.3 cm³/mol. The van der Waals surface area contributed by atoms with Gasteiger partial charge in [-0.25, -0.2) is 0 Å². The Hall–Kier alpha value is -2.42. The molecule has 1 aliphatic rings. The van der Waals surface area contributed by atoms with Crippen molar-refractivity contribution < 1.29 is 23.9 Å². The number of carbonyl (C=O) groups excluding carboxylic acids is 3. The number of ether oxygens (including phenoxy) is 2. The van der Waals surface area contributed by atoms with E-state index >= 15 is 0 Å². The number of amides is 1. The first-order valence-electron chi connectivity index (χ1n) is 7.82. The molecule has 0 atom stereocenters. The van der Waals surface area contributed by atoms with E-state index in [2.05, 4.69) is 15.6 Å². The topological polar surface area (TPSA) is 106 Å². The van der Waals surface area contributed by atoms with Crippen molar-refractivity contribution in [3.05, 3.63) is 16.8 Å². The number of amidine groups is 1. The largest absolute Gasteiger partial charge is 0.422 e. The maximum atomic E-state index is 12.3. The van der Waals surface area contributed by atoms with Gasteiger partial charge in [-0.05, 0) is 17.9 Å². The van der Waals surface area contributed by atoms with Crippen molar-refractivity contribution in [2.24, 2.45) is 10.9 Å². The van der Waals surface area contributed by atoms with Crippen molar-refractivity contribution in [2.45, 2.75) is 33.0 Å². The molecule has 2 heterocycles. The van der Waals surface area contributed by atoms with Gasteiger partial charge in [-0.2, -0.15) is 11.3 Å². The average molecular weight is 367 g/mol. The highest BCUT2D eigenvalue weighted by Gasteiger charge is 2.46. The third-order valence-corrected chi connectivity index (χ3v) is 3.91. The molecule has 1 fully saturated rings. The fourth-order valence-electron chi connectivity index (χ4n) is 2.17. The maximum Gasteiger partial charge on any atom is 0.331 e. The van der Waals surface area contributed by atoms with Crippen LogP contribution in [0.15, 0.2) is 21.8 Å². The number of hydrogen-bond acceptors (Lipinski definition) is 7. The minimum absolute atomic E-state index is 0.123. The molecule has 2 rings (SSSR count). The summed E-state index contributed by atoms with van der Waals surface area (Å²) in [6, 6.07) is 1.81. The zero-order valence-electron chi connectivity index (χ0n) is 14.3. The smallest absolute Gasteiger partial charge is 0.331 e. The fourth-order valence-corrected chi connectivity index (χ4v) is 2.76. The number of anilines is 1. The number of hydrogen-bond donors (Lipinski definition) is 2. The molecule has 0 saturated carbocycles. The SMILES string of the molecule is CC(=O)NCCCN=C(Nc1ccsc1)C1C(=O)OC(C)(C)OC1=O. The standard InChI is InChI=1S/C16H21N3O5S/c1-10(20)17-6-4-7-18-13(19-11-5-8-25-9-11)12-14(21)23-16(2,3)24-15(12)22/h5,8-9,12H,4,6-7H2,1-3H3,(H,17,20)(H,18,19). The number of nitrogens with zero attached hydrogens (tertiary/aromatic N) is 1. The van der Waals surface area contributed by atoms with Gasteiger partial charge in [0, 0.05) is 39.2 Å². The first-order valence-corrected chi connectivity index (χ1v) is 8.76. The monoisotopic (exact) mass is 367 g/mol. The molecule has 0 unspecified atom stereocenters. The summed E-state index contributed by atoms with van der Waals surface area (Å²) in [6.45, 7) is 5.21. The van der Waals surface area contributed by atoms with Crippen LogP contribution < -0.4 is 10.6 Å². The van der Waals surface area contributed by atoms with Crippen LogP contribution in [0.5, 0.6) is 0 Å². The van der Waals surface area contributed by atoms with Gasteiger partial charge in [0.2, 0.25) is 11.8 Å². The molecule has 0 bridgehead atoms. The van der Waals surface area contributed by atoms with E-state index in [4.69, 9.17) is 9.47 Å². The second kappa shape index (κ2) is 8.11. The van der Waals surface area contributed by atoms with Crippen LogP contribution in [0.2, 0.25) is 0 Å². The van der Waals surface area contributed by atoms with Crippen molar-refractivity contribution >= 4 is 40.7 Å². The molecule has 0 radical (unpaired) electrons. The van der Waals surface area contributed by atoms with E-state index < -0.39 is 23.6 Å². The van der Waals surface area contributed by atoms with E-state index in [1.165, 1.54) is 32.1 Å². The molecule has 1 saturated heterocycles. The van der Waals surface area contributed by atoms with Crippen LogP contribution in [-0.4, -0.2) is 42.6 Å². The molecule has 1 aliphatic heterocycles. The number of esters is 2. The Morgan fingerprint density at radius 3 is 2.56 bits per heavy atom. The molecular formula is C16H21N3O5S. The van der Waals surface area contributed by atoms with Gasteiger partial charge in [0.05, 0.1) is 5.69 Å². The van der Waals surface area contributed by atoms with Gasteiger partial charge >= 0.3 is 11.9 Å². The van der Waals surface area contributed by atoms with Crippen LogP contribution in [-0.2, 0) is 23.9 Å². The van der Waals surface area contributed by atoms with Crippen LogP contribution in [0.25, 0.3) is 0 Å². The predicted octanol–water partition coefficient (Wildman–Crippen LogP) is 1.54. The lowest BCUT2D eigenvalue weighted by Gasteiger charge is -2.33. The highest BCUT2D eigenvalue weighted by atomic mass is 32.1. The number of nitrogens with one attached hydrogen (secondary N) is 2. The second-order valence-electron chi connectivity index (χ2n) is 5.92. The molecule has 1 aromatic heterocycles. The molecule has 1 aromatic rings. The number of thiophene rings is 1. The number of cyclic esters (lactones) is 2. The van der Waals surface area contributed by atoms with E-state index in [9.17, 15) is 14.4 Å². The minimum atomic E-state index is -1.29. The molecule has 1 amide bonds. The zero-order valence-corrected chi connectivity index (χ0v) is 15.1. The molecule has 0 aromatic carbocycles. The van der Waals surface area contributed by atoms with Gasteiger partial charge in [0.1, 0.15) is 5.84 Å². The summed E-state index contributed by atoms with van der Waals surface area (Å²) in [5.41, 5.74) is 0.719. The quantitative estimate of drug-likeness (QED) is 0.260. The molecule has 2 N–H and O–H groups in total. The van der Waals surface area contributed by atoms with E-state index in [1.807, 2.05) is 10.8 Å². The maximum absolute atomic E-state index is 12.3. The fraction of sp³-hybridized carbons (Fsp3) is 0.500. The molecular weight excluding hydrogens is 346 g/mol. The summed E-state index contributed by atoms with van der Waals surface area (Å²) in [7, 11) is 0. The van der Waals surface area contributed by atoms with Crippen molar-refractivity contribution in [3.8, 4) is 0 Å². The van der Waals surface area contributed by atoms with E-state index in [1.54, 1.807) is 6.07 Å². The number of aliphatic imine (C=N–C) groups is 1. The summed E-state index contributed by atoms with van der Waals surface area (Å²) < 4.78 is 10.3. The van der Waals surface area contributed by atoms with Crippen molar-refractivity contribution in [3.63, 3.8) is 0 Å². The van der Waals surface area contributed by atoms with Crippen LogP contribution in [0.1, 0.15) is 27.2 Å². The molecule has 25 heavy (non-hydrogen) atoms. The highest BCUT2D eigenvalue weighted by Crippen LogP contribution is 2.25. The Labute approximate surface area is 149 Å². The van der Waals surface area contributed by atoms with E-state index in [-0.39, 0.29) is 11.7 Å². The van der Waals surface area contributed by atoms with Crippen molar-refractivity contribution in [2.75, 3.05) is 18.4 Å². The molecule has 0 spiro atoms. The summed E-state index contributed by atoms with van der Waals surface area (Å²) in [5.74, 6) is -3.90. The lowest BCUT2D eigenvalue weighted by Crippen LogP contribution is -2.50. The van der Waals surface area contributed by atoms with Gasteiger partial charge in [-0.3, -0.25) is 19.4 Å². The summed E-state index contributed by atoms with van der Waals surface area (Å²) in [5, 5.41) is 9.34. The third kappa shape index (κ3) is 5.56. The first-order chi connectivity index (χ1) is 11.8. The lowest BCUT2D eigenvalue weighted by molar-refractivity contribution is -0.235. The Bertz CT molecular complexity index is 649. The average Bonchev–Trinajstić information content (AvgIpc) is 2.97. The summed E-state index contributed by atoms with van der Waals surface area (Å²) in [4.78, 5) is 39.7. The van der Waals surface area contributed by atoms with Gasteiger partial charge in [0.25, 0.3) is 5.79 Å². The highest BCUT2D eigenvalue weighted by molar-refractivity contribution is 7.08. The lowest BCUT2D eigenvalue weighted by atomic mass is 10.1. The summed E-state index contributed by atoms with van der Waals surface area (Å²) >= 11 is 1.47. The normalized spacial score (nSPS) is 17.6. The van der Waals surface area contributed by atoms with Gasteiger partial charge in [0.15, 0.2) is 0 Å². The molecule has 136 valence electrons. The Morgan fingerprint density at radius 1 is 1.32 bits per heavy atom. The molecule has 0 aliphatic carbocycles.